The first kappa shape index (κ1) is 87.8. The highest BCUT2D eigenvalue weighted by Gasteiger charge is 2.27. The molecule has 0 fully saturated rings. The minimum Gasteiger partial charge on any atom is -0.309 e. The first-order valence-corrected chi connectivity index (χ1v) is 51.6. The van der Waals surface area contributed by atoms with Crippen molar-refractivity contribution in [3.05, 3.63) is 582 Å². The van der Waals surface area contributed by atoms with Gasteiger partial charge in [0.2, 0.25) is 0 Å². The monoisotopic (exact) mass is 1910 g/mol. The van der Waals surface area contributed by atoms with Gasteiger partial charge in [0, 0.05) is 98.4 Å². The van der Waals surface area contributed by atoms with Gasteiger partial charge in [-0.15, -0.1) is 0 Å². The Hall–Kier alpha value is -19.9. The zero-order chi connectivity index (χ0) is 99.1. The van der Waals surface area contributed by atoms with Gasteiger partial charge in [-0.3, -0.25) is 0 Å². The van der Waals surface area contributed by atoms with E-state index >= 15 is 0 Å². The highest BCUT2D eigenvalue weighted by molar-refractivity contribution is 6.22. The second-order valence-electron chi connectivity index (χ2n) is 38.8. The van der Waals surface area contributed by atoms with Gasteiger partial charge in [0.15, 0.2) is 0 Å². The third-order valence-electron chi connectivity index (χ3n) is 30.4. The molecule has 0 N–H and O–H groups in total. The van der Waals surface area contributed by atoms with E-state index in [1.165, 1.54) is 265 Å². The highest BCUT2D eigenvalue weighted by Crippen LogP contribution is 2.50. The number of hydrogen-bond donors (Lipinski definition) is 0. The minimum absolute atomic E-state index is 1.17. The molecule has 0 saturated carbocycles. The summed E-state index contributed by atoms with van der Waals surface area (Å²) < 4.78 is 14.6. The van der Waals surface area contributed by atoms with Crippen LogP contribution in [-0.4, -0.2) is 27.4 Å². The predicted octanol–water partition coefficient (Wildman–Crippen LogP) is 38.6. The molecule has 30 aromatic rings. The third kappa shape index (κ3) is 15.0. The van der Waals surface area contributed by atoms with Gasteiger partial charge in [-0.05, 0) is 235 Å². The normalized spacial score (nSPS) is 11.6. The Bertz CT molecular complexity index is 10100. The maximum atomic E-state index is 2.46. The van der Waals surface area contributed by atoms with E-state index in [0.717, 1.165) is 0 Å². The lowest BCUT2D eigenvalue weighted by Gasteiger charge is -2.18. The van der Waals surface area contributed by atoms with E-state index in [4.69, 9.17) is 0 Å². The number of hydrogen-bond acceptors (Lipinski definition) is 0. The molecule has 0 bridgehead atoms. The Morgan fingerprint density at radius 3 is 0.727 bits per heavy atom. The van der Waals surface area contributed by atoms with Crippen LogP contribution in [0.3, 0.4) is 0 Å². The average molecular weight is 1910 g/mol. The maximum Gasteiger partial charge on any atom is 0.0547 e. The Kier molecular flexibility index (Phi) is 21.9. The van der Waals surface area contributed by atoms with Crippen molar-refractivity contribution in [3.8, 4) is 134 Å². The highest BCUT2D eigenvalue weighted by atomic mass is 15.0. The van der Waals surface area contributed by atoms with E-state index < -0.39 is 0 Å². The van der Waals surface area contributed by atoms with Gasteiger partial charge in [0.05, 0.1) is 83.3 Å². The molecule has 6 heterocycles. The SMILES string of the molecule is c1ccc(-c2ccc(-c3ccccc3)c(-n3c4ccccc4c4cc(-c5cccc6c5c5ccccc5n6-c5ccccc5)ccc43)c2)cc1.c1ccc(-c2ccc(-n3c4ccccc4c4cc(-c5cccc6c5c5ccccc5n6-c5ccccc5)ccc43)c(-c3ccccc3)c2)cc1.c1ccc(-c2cccc(-n3c4ccccc4c4cc(-c5cccc6c5c5ccccc5n6-c5ccccc5)ccc43)c2-c2ccccc2)cc1. The Morgan fingerprint density at radius 2 is 0.353 bits per heavy atom. The second-order valence-corrected chi connectivity index (χ2v) is 38.8. The molecular formula is C144H96N6. The fourth-order valence-electron chi connectivity index (χ4n) is 23.8. The molecule has 6 heteroatoms. The van der Waals surface area contributed by atoms with Gasteiger partial charge >= 0.3 is 0 Å². The average Bonchev–Trinajstić information content (AvgIpc) is 1.57. The van der Waals surface area contributed by atoms with E-state index in [1.807, 2.05) is 0 Å². The predicted molar refractivity (Wildman–Crippen MR) is 634 cm³/mol. The molecule has 6 aromatic heterocycles. The first-order chi connectivity index (χ1) is 74.5. The standard InChI is InChI=1S/3C48H32N2/c1-4-16-33(17-5-1)37-24-14-28-45(47(37)34-18-6-2-7-19-34)50-42-26-12-10-22-39(42)41-32-35(30-31-44(41)50)38-25-15-29-46-48(38)40-23-11-13-27-43(40)49(46)36-20-8-3-9-21-36;1-4-15-33(16-5-1)35-27-29-38(34-17-6-2-7-18-34)47(32-35)50-43-24-12-10-21-40(43)42-31-36(28-30-45(42)50)39-23-14-26-46-48(39)41-22-11-13-25-44(41)49(46)37-19-8-3-9-20-37;1-4-15-33(16-5-1)35-27-29-45(41(31-35)34-17-6-2-7-18-34)50-43-24-12-10-21-39(43)42-32-36(28-30-46(42)50)38-23-14-26-47-48(38)40-22-11-13-25-44(40)49(47)37-19-8-3-9-20-37/h3*1-32H. The first-order valence-electron chi connectivity index (χ1n) is 51.6. The second kappa shape index (κ2) is 37.4. The number of benzene rings is 24. The zero-order valence-corrected chi connectivity index (χ0v) is 82.1. The van der Waals surface area contributed by atoms with Crippen LogP contribution in [0.25, 0.3) is 265 Å². The van der Waals surface area contributed by atoms with Crippen molar-refractivity contribution >= 4 is 131 Å². The van der Waals surface area contributed by atoms with Gasteiger partial charge < -0.3 is 27.4 Å². The maximum absolute atomic E-state index is 2.46. The molecule has 0 aliphatic rings. The quantitative estimate of drug-likeness (QED) is 0.0979. The van der Waals surface area contributed by atoms with Crippen LogP contribution in [-0.2, 0) is 0 Å². The van der Waals surface area contributed by atoms with Crippen molar-refractivity contribution in [1.29, 1.82) is 0 Å². The molecule has 0 saturated heterocycles. The topological polar surface area (TPSA) is 29.6 Å². The van der Waals surface area contributed by atoms with Crippen molar-refractivity contribution in [1.82, 2.24) is 27.4 Å². The Balaban J connectivity index is 0.000000108. The lowest BCUT2D eigenvalue weighted by atomic mass is 9.92. The molecule has 0 atom stereocenters. The summed E-state index contributed by atoms with van der Waals surface area (Å²) in [5.41, 5.74) is 43.3. The molecule has 150 heavy (non-hydrogen) atoms. The fraction of sp³-hybridized carbons (Fsp3) is 0. The van der Waals surface area contributed by atoms with Gasteiger partial charge in [-0.2, -0.15) is 0 Å². The molecule has 0 aliphatic carbocycles. The molecule has 6 nitrogen and oxygen atoms in total. The summed E-state index contributed by atoms with van der Waals surface area (Å²) in [6.45, 7) is 0. The summed E-state index contributed by atoms with van der Waals surface area (Å²) in [6, 6.07) is 211. The van der Waals surface area contributed by atoms with Crippen LogP contribution in [0.1, 0.15) is 0 Å². The van der Waals surface area contributed by atoms with Gasteiger partial charge in [-0.25, -0.2) is 0 Å². The largest absolute Gasteiger partial charge is 0.309 e. The number of aromatic nitrogens is 6. The van der Waals surface area contributed by atoms with Gasteiger partial charge in [0.25, 0.3) is 0 Å². The third-order valence-corrected chi connectivity index (χ3v) is 30.4. The lowest BCUT2D eigenvalue weighted by Crippen LogP contribution is -1.99. The van der Waals surface area contributed by atoms with Crippen LogP contribution in [0, 0.1) is 0 Å². The number of nitrogens with zero attached hydrogens (tertiary/aromatic N) is 6. The summed E-state index contributed by atoms with van der Waals surface area (Å²) in [6.07, 6.45) is 0. The van der Waals surface area contributed by atoms with E-state index in [-0.39, 0.29) is 0 Å². The van der Waals surface area contributed by atoms with Crippen LogP contribution in [0.15, 0.2) is 582 Å². The zero-order valence-electron chi connectivity index (χ0n) is 82.1. The van der Waals surface area contributed by atoms with Crippen molar-refractivity contribution in [2.45, 2.75) is 0 Å². The number of rotatable bonds is 15. The fourth-order valence-corrected chi connectivity index (χ4v) is 23.8. The molecule has 24 aromatic carbocycles. The van der Waals surface area contributed by atoms with Crippen LogP contribution in [0.4, 0.5) is 0 Å². The van der Waals surface area contributed by atoms with Crippen LogP contribution in [0.2, 0.25) is 0 Å². The van der Waals surface area contributed by atoms with E-state index in [0.29, 0.717) is 0 Å². The molecule has 0 radical (unpaired) electrons. The summed E-state index contributed by atoms with van der Waals surface area (Å²) >= 11 is 0. The van der Waals surface area contributed by atoms with Gasteiger partial charge in [-0.1, -0.05) is 431 Å². The molecule has 0 unspecified atom stereocenters. The summed E-state index contributed by atoms with van der Waals surface area (Å²) in [7, 11) is 0. The van der Waals surface area contributed by atoms with E-state index in [1.54, 1.807) is 0 Å². The van der Waals surface area contributed by atoms with Crippen molar-refractivity contribution in [2.24, 2.45) is 0 Å². The summed E-state index contributed by atoms with van der Waals surface area (Å²) in [5, 5.41) is 15.1. The molecule has 30 rings (SSSR count). The summed E-state index contributed by atoms with van der Waals surface area (Å²) in [4.78, 5) is 0. The van der Waals surface area contributed by atoms with Gasteiger partial charge in [0.1, 0.15) is 0 Å². The molecular weight excluding hydrogens is 1810 g/mol. The molecule has 702 valence electrons. The van der Waals surface area contributed by atoms with Crippen molar-refractivity contribution in [2.75, 3.05) is 0 Å². The Labute approximate surface area is 868 Å². The molecule has 0 spiro atoms. The summed E-state index contributed by atoms with van der Waals surface area (Å²) in [5.74, 6) is 0. The molecule has 0 amide bonds. The van der Waals surface area contributed by atoms with Crippen LogP contribution < -0.4 is 0 Å². The van der Waals surface area contributed by atoms with Crippen LogP contribution in [0.5, 0.6) is 0 Å². The lowest BCUT2D eigenvalue weighted by molar-refractivity contribution is 1.18. The van der Waals surface area contributed by atoms with Crippen molar-refractivity contribution < 1.29 is 0 Å². The van der Waals surface area contributed by atoms with Crippen molar-refractivity contribution in [3.63, 3.8) is 0 Å². The van der Waals surface area contributed by atoms with E-state index in [9.17, 15) is 0 Å². The van der Waals surface area contributed by atoms with E-state index in [2.05, 4.69) is 610 Å². The van der Waals surface area contributed by atoms with Crippen LogP contribution >= 0.6 is 0 Å². The smallest absolute Gasteiger partial charge is 0.0547 e. The molecule has 0 aliphatic heterocycles. The number of para-hydroxylation sites is 9. The minimum atomic E-state index is 1.17. The number of fused-ring (bicyclic) bond motifs is 18. The Morgan fingerprint density at radius 1 is 0.100 bits per heavy atom.